The standard InChI is InChI=1S/C16H28N4O2.ClH/c1-5-22-16(21)10-20-13(4)15(12(3)18-20)9-19-8-14(7-17)6-11(19)2;/h11,14H,5-10,17H2,1-4H3;1H. The monoisotopic (exact) mass is 344 g/mol. The molecule has 1 aromatic heterocycles. The Hall–Kier alpha value is -1.11. The molecule has 0 radical (unpaired) electrons. The number of halogens is 1. The van der Waals surface area contributed by atoms with Gasteiger partial charge in [0.25, 0.3) is 0 Å². The van der Waals surface area contributed by atoms with Crippen molar-refractivity contribution in [2.24, 2.45) is 11.7 Å². The van der Waals surface area contributed by atoms with Gasteiger partial charge in [0, 0.05) is 30.4 Å². The third kappa shape index (κ3) is 4.68. The first-order valence-corrected chi connectivity index (χ1v) is 8.08. The van der Waals surface area contributed by atoms with Gasteiger partial charge in [0.05, 0.1) is 12.3 Å². The third-order valence-corrected chi connectivity index (χ3v) is 4.60. The number of nitrogens with zero attached hydrogens (tertiary/aromatic N) is 3. The Bertz CT molecular complexity index is 532. The highest BCUT2D eigenvalue weighted by atomic mass is 35.5. The molecule has 6 nitrogen and oxygen atoms in total. The zero-order valence-corrected chi connectivity index (χ0v) is 15.4. The first kappa shape index (κ1) is 19.9. The fourth-order valence-electron chi connectivity index (χ4n) is 3.26. The molecule has 2 rings (SSSR count). The van der Waals surface area contributed by atoms with Crippen molar-refractivity contribution in [3.63, 3.8) is 0 Å². The number of carbonyl (C=O) groups is 1. The van der Waals surface area contributed by atoms with Gasteiger partial charge >= 0.3 is 5.97 Å². The van der Waals surface area contributed by atoms with Gasteiger partial charge in [-0.15, -0.1) is 12.4 Å². The molecule has 0 aliphatic carbocycles. The zero-order valence-electron chi connectivity index (χ0n) is 14.5. The summed E-state index contributed by atoms with van der Waals surface area (Å²) in [6.07, 6.45) is 1.16. The first-order chi connectivity index (χ1) is 10.5. The Morgan fingerprint density at radius 2 is 2.13 bits per heavy atom. The van der Waals surface area contributed by atoms with E-state index in [0.717, 1.165) is 37.4 Å². The smallest absolute Gasteiger partial charge is 0.327 e. The van der Waals surface area contributed by atoms with E-state index >= 15 is 0 Å². The maximum absolute atomic E-state index is 11.7. The highest BCUT2D eigenvalue weighted by Crippen LogP contribution is 2.26. The van der Waals surface area contributed by atoms with Crippen LogP contribution in [0.4, 0.5) is 0 Å². The Morgan fingerprint density at radius 3 is 2.70 bits per heavy atom. The number of rotatable bonds is 6. The van der Waals surface area contributed by atoms with Crippen LogP contribution in [0.15, 0.2) is 0 Å². The summed E-state index contributed by atoms with van der Waals surface area (Å²) in [6, 6.07) is 0.542. The Morgan fingerprint density at radius 1 is 1.43 bits per heavy atom. The van der Waals surface area contributed by atoms with Crippen molar-refractivity contribution >= 4 is 18.4 Å². The van der Waals surface area contributed by atoms with Crippen molar-refractivity contribution in [3.05, 3.63) is 17.0 Å². The zero-order chi connectivity index (χ0) is 16.3. The second-order valence-electron chi connectivity index (χ2n) is 6.23. The molecule has 2 unspecified atom stereocenters. The van der Waals surface area contributed by atoms with E-state index in [9.17, 15) is 4.79 Å². The van der Waals surface area contributed by atoms with Crippen molar-refractivity contribution in [1.29, 1.82) is 0 Å². The number of nitrogens with two attached hydrogens (primary N) is 1. The molecule has 1 aliphatic heterocycles. The van der Waals surface area contributed by atoms with Crippen LogP contribution >= 0.6 is 12.4 Å². The van der Waals surface area contributed by atoms with Crippen molar-refractivity contribution in [1.82, 2.24) is 14.7 Å². The maximum atomic E-state index is 11.7. The minimum Gasteiger partial charge on any atom is -0.465 e. The van der Waals surface area contributed by atoms with Crippen LogP contribution in [-0.4, -0.2) is 46.4 Å². The molecule has 0 aromatic carbocycles. The predicted molar refractivity (Wildman–Crippen MR) is 92.6 cm³/mol. The molecule has 2 N–H and O–H groups in total. The molecule has 23 heavy (non-hydrogen) atoms. The highest BCUT2D eigenvalue weighted by Gasteiger charge is 2.29. The van der Waals surface area contributed by atoms with Gasteiger partial charge in [-0.1, -0.05) is 0 Å². The summed E-state index contributed by atoms with van der Waals surface area (Å²) in [6.45, 7) is 11.3. The molecule has 0 bridgehead atoms. The van der Waals surface area contributed by atoms with Crippen molar-refractivity contribution in [3.8, 4) is 0 Å². The van der Waals surface area contributed by atoms with Gasteiger partial charge in [-0.3, -0.25) is 14.4 Å². The van der Waals surface area contributed by atoms with E-state index in [1.807, 2.05) is 20.8 Å². The first-order valence-electron chi connectivity index (χ1n) is 8.08. The summed E-state index contributed by atoms with van der Waals surface area (Å²) in [5, 5.41) is 4.50. The molecule has 7 heteroatoms. The lowest BCUT2D eigenvalue weighted by Gasteiger charge is -2.21. The number of hydrogen-bond acceptors (Lipinski definition) is 5. The van der Waals surface area contributed by atoms with E-state index in [1.54, 1.807) is 4.68 Å². The SMILES string of the molecule is CCOC(=O)Cn1nc(C)c(CN2CC(CN)CC2C)c1C.Cl. The summed E-state index contributed by atoms with van der Waals surface area (Å²) in [4.78, 5) is 14.1. The third-order valence-electron chi connectivity index (χ3n) is 4.60. The van der Waals surface area contributed by atoms with Gasteiger partial charge in [0.15, 0.2) is 0 Å². The largest absolute Gasteiger partial charge is 0.465 e. The minimum absolute atomic E-state index is 0. The number of aromatic nitrogens is 2. The Kier molecular flexibility index (Phi) is 7.51. The van der Waals surface area contributed by atoms with Crippen molar-refractivity contribution in [2.75, 3.05) is 19.7 Å². The molecular formula is C16H29ClN4O2. The topological polar surface area (TPSA) is 73.4 Å². The predicted octanol–water partition coefficient (Wildman–Crippen LogP) is 1.65. The average molecular weight is 345 g/mol. The molecule has 1 saturated heterocycles. The average Bonchev–Trinajstić information content (AvgIpc) is 2.95. The van der Waals surface area contributed by atoms with Crippen LogP contribution in [-0.2, 0) is 22.6 Å². The molecule has 1 fully saturated rings. The van der Waals surface area contributed by atoms with Gasteiger partial charge < -0.3 is 10.5 Å². The van der Waals surface area contributed by atoms with Crippen LogP contribution < -0.4 is 5.73 Å². The Balaban J connectivity index is 0.00000264. The van der Waals surface area contributed by atoms with Crippen LogP contribution in [0.1, 0.15) is 37.2 Å². The van der Waals surface area contributed by atoms with E-state index in [2.05, 4.69) is 16.9 Å². The number of esters is 1. The Labute approximate surface area is 144 Å². The van der Waals surface area contributed by atoms with Gasteiger partial charge in [-0.25, -0.2) is 0 Å². The van der Waals surface area contributed by atoms with Crippen LogP contribution in [0, 0.1) is 19.8 Å². The molecular weight excluding hydrogens is 316 g/mol. The van der Waals surface area contributed by atoms with Crippen LogP contribution in [0.3, 0.4) is 0 Å². The fourth-order valence-corrected chi connectivity index (χ4v) is 3.26. The van der Waals surface area contributed by atoms with Gasteiger partial charge in [0.2, 0.25) is 0 Å². The maximum Gasteiger partial charge on any atom is 0.327 e. The second kappa shape index (κ2) is 8.66. The lowest BCUT2D eigenvalue weighted by atomic mass is 10.1. The summed E-state index contributed by atoms with van der Waals surface area (Å²) in [5.74, 6) is 0.350. The lowest BCUT2D eigenvalue weighted by molar-refractivity contribution is -0.144. The van der Waals surface area contributed by atoms with E-state index in [0.29, 0.717) is 18.6 Å². The van der Waals surface area contributed by atoms with Crippen LogP contribution in [0.25, 0.3) is 0 Å². The molecule has 0 amide bonds. The second-order valence-corrected chi connectivity index (χ2v) is 6.23. The highest BCUT2D eigenvalue weighted by molar-refractivity contribution is 5.85. The lowest BCUT2D eigenvalue weighted by Crippen LogP contribution is -2.28. The van der Waals surface area contributed by atoms with E-state index in [4.69, 9.17) is 10.5 Å². The van der Waals surface area contributed by atoms with Gasteiger partial charge in [-0.05, 0) is 46.6 Å². The van der Waals surface area contributed by atoms with Crippen LogP contribution in [0.5, 0.6) is 0 Å². The molecule has 0 saturated carbocycles. The van der Waals surface area contributed by atoms with E-state index in [-0.39, 0.29) is 24.9 Å². The molecule has 2 atom stereocenters. The van der Waals surface area contributed by atoms with Crippen LogP contribution in [0.2, 0.25) is 0 Å². The minimum atomic E-state index is -0.239. The van der Waals surface area contributed by atoms with Gasteiger partial charge in [-0.2, -0.15) is 5.10 Å². The number of aryl methyl sites for hydroxylation is 1. The molecule has 2 heterocycles. The molecule has 0 spiro atoms. The van der Waals surface area contributed by atoms with Crippen molar-refractivity contribution in [2.45, 2.75) is 53.2 Å². The van der Waals surface area contributed by atoms with E-state index < -0.39 is 0 Å². The normalized spacial score (nSPS) is 21.3. The number of likely N-dealkylation sites (tertiary alicyclic amines) is 1. The number of hydrogen-bond donors (Lipinski definition) is 1. The summed E-state index contributed by atoms with van der Waals surface area (Å²) in [5.41, 5.74) is 9.06. The van der Waals surface area contributed by atoms with E-state index in [1.165, 1.54) is 5.56 Å². The summed E-state index contributed by atoms with van der Waals surface area (Å²) < 4.78 is 6.76. The number of ether oxygens (including phenoxy) is 1. The molecule has 132 valence electrons. The number of carbonyl (C=O) groups excluding carboxylic acids is 1. The quantitative estimate of drug-likeness (QED) is 0.794. The van der Waals surface area contributed by atoms with Crippen molar-refractivity contribution < 1.29 is 9.53 Å². The van der Waals surface area contributed by atoms with Gasteiger partial charge in [0.1, 0.15) is 6.54 Å². The fraction of sp³-hybridized carbons (Fsp3) is 0.750. The molecule has 1 aromatic rings. The summed E-state index contributed by atoms with van der Waals surface area (Å²) in [7, 11) is 0. The summed E-state index contributed by atoms with van der Waals surface area (Å²) >= 11 is 0. The molecule has 1 aliphatic rings.